The third kappa shape index (κ3) is 3.12. The van der Waals surface area contributed by atoms with Gasteiger partial charge in [0.05, 0.1) is 0 Å². The van der Waals surface area contributed by atoms with E-state index in [1.165, 1.54) is 28.2 Å². The number of fused-ring (bicyclic) bond motifs is 1. The fourth-order valence-electron chi connectivity index (χ4n) is 3.36. The Hall–Kier alpha value is -2.03. The summed E-state index contributed by atoms with van der Waals surface area (Å²) in [5.41, 5.74) is 7.48. The van der Waals surface area contributed by atoms with E-state index in [9.17, 15) is 0 Å². The fraction of sp³-hybridized carbons (Fsp3) is 0.0909. The number of nitrogens with zero attached hydrogens (tertiary/aromatic N) is 1. The Morgan fingerprint density at radius 2 is 1.72 bits per heavy atom. The minimum atomic E-state index is 0.767. The lowest BCUT2D eigenvalue weighted by molar-refractivity contribution is 1.14. The zero-order valence-electron chi connectivity index (χ0n) is 13.8. The predicted octanol–water partition coefficient (Wildman–Crippen LogP) is 7.23. The number of halogens is 2. The number of rotatable bonds is 2. The van der Waals surface area contributed by atoms with E-state index < -0.39 is 0 Å². The van der Waals surface area contributed by atoms with Crippen molar-refractivity contribution in [3.8, 4) is 0 Å². The first-order chi connectivity index (χ1) is 12.1. The normalized spacial score (nSPS) is 15.2. The van der Waals surface area contributed by atoms with Gasteiger partial charge in [-0.1, -0.05) is 57.9 Å². The second-order valence-corrected chi connectivity index (χ2v) is 7.55. The van der Waals surface area contributed by atoms with Crippen molar-refractivity contribution in [3.63, 3.8) is 0 Å². The first kappa shape index (κ1) is 16.4. The summed E-state index contributed by atoms with van der Waals surface area (Å²) in [6.45, 7) is 2.18. The average Bonchev–Trinajstić information content (AvgIpc) is 3.01. The first-order valence-electron chi connectivity index (χ1n) is 8.23. The molecule has 0 amide bonds. The van der Waals surface area contributed by atoms with Crippen molar-refractivity contribution in [1.82, 2.24) is 0 Å². The van der Waals surface area contributed by atoms with E-state index in [2.05, 4.69) is 82.4 Å². The van der Waals surface area contributed by atoms with Crippen LogP contribution in [-0.2, 0) is 6.42 Å². The molecule has 0 unspecified atom stereocenters. The standard InChI is InChI=1S/C22H17BrClN/c1-15(16-6-4-7-19(24)13-16)22-14-17-5-2-3-8-21(17)25(22)20-11-9-18(23)10-12-20/h2-13H,14H2,1H3/b22-15+. The Balaban J connectivity index is 1.89. The third-order valence-corrected chi connectivity index (χ3v) is 5.40. The van der Waals surface area contributed by atoms with Crippen LogP contribution in [0.3, 0.4) is 0 Å². The van der Waals surface area contributed by atoms with Crippen molar-refractivity contribution in [2.75, 3.05) is 4.90 Å². The molecule has 1 nitrogen and oxygen atoms in total. The molecule has 0 saturated heterocycles. The molecule has 0 bridgehead atoms. The second kappa shape index (κ2) is 6.70. The van der Waals surface area contributed by atoms with Gasteiger partial charge in [0.1, 0.15) is 0 Å². The molecule has 3 aromatic rings. The lowest BCUT2D eigenvalue weighted by Gasteiger charge is -2.24. The smallest absolute Gasteiger partial charge is 0.0494 e. The molecular formula is C22H17BrClN. The van der Waals surface area contributed by atoms with Gasteiger partial charge in [-0.05, 0) is 66.1 Å². The van der Waals surface area contributed by atoms with Crippen LogP contribution in [0.2, 0.25) is 5.02 Å². The van der Waals surface area contributed by atoms with E-state index in [0.717, 1.165) is 21.5 Å². The Morgan fingerprint density at radius 1 is 0.960 bits per heavy atom. The van der Waals surface area contributed by atoms with Gasteiger partial charge in [0, 0.05) is 33.0 Å². The molecule has 0 radical (unpaired) electrons. The van der Waals surface area contributed by atoms with Crippen LogP contribution in [0.25, 0.3) is 5.57 Å². The predicted molar refractivity (Wildman–Crippen MR) is 110 cm³/mol. The number of anilines is 2. The maximum absolute atomic E-state index is 6.21. The van der Waals surface area contributed by atoms with Gasteiger partial charge in [0.25, 0.3) is 0 Å². The van der Waals surface area contributed by atoms with Gasteiger partial charge in [0.15, 0.2) is 0 Å². The minimum Gasteiger partial charge on any atom is -0.313 e. The molecule has 0 aliphatic carbocycles. The van der Waals surface area contributed by atoms with Crippen LogP contribution in [0.1, 0.15) is 18.1 Å². The van der Waals surface area contributed by atoms with E-state index in [1.807, 2.05) is 18.2 Å². The zero-order chi connectivity index (χ0) is 17.4. The van der Waals surface area contributed by atoms with Crippen molar-refractivity contribution >= 4 is 44.5 Å². The topological polar surface area (TPSA) is 3.24 Å². The van der Waals surface area contributed by atoms with Gasteiger partial charge in [-0.15, -0.1) is 0 Å². The van der Waals surface area contributed by atoms with Crippen LogP contribution in [0.15, 0.2) is 83.0 Å². The van der Waals surface area contributed by atoms with Crippen LogP contribution >= 0.6 is 27.5 Å². The SMILES string of the molecule is C/C(=C1/Cc2ccccc2N1c1ccc(Br)cc1)c1cccc(Cl)c1. The van der Waals surface area contributed by atoms with E-state index >= 15 is 0 Å². The summed E-state index contributed by atoms with van der Waals surface area (Å²) in [4.78, 5) is 2.36. The Kier molecular flexibility index (Phi) is 4.41. The zero-order valence-corrected chi connectivity index (χ0v) is 16.2. The number of hydrogen-bond donors (Lipinski definition) is 0. The monoisotopic (exact) mass is 409 g/mol. The van der Waals surface area contributed by atoms with E-state index in [-0.39, 0.29) is 0 Å². The van der Waals surface area contributed by atoms with Gasteiger partial charge < -0.3 is 4.90 Å². The fourth-order valence-corrected chi connectivity index (χ4v) is 3.81. The first-order valence-corrected chi connectivity index (χ1v) is 9.40. The van der Waals surface area contributed by atoms with Crippen molar-refractivity contribution in [2.45, 2.75) is 13.3 Å². The lowest BCUT2D eigenvalue weighted by Crippen LogP contribution is -2.13. The highest BCUT2D eigenvalue weighted by molar-refractivity contribution is 9.10. The molecule has 0 saturated carbocycles. The van der Waals surface area contributed by atoms with Gasteiger partial charge >= 0.3 is 0 Å². The van der Waals surface area contributed by atoms with Crippen molar-refractivity contribution < 1.29 is 0 Å². The Morgan fingerprint density at radius 3 is 2.48 bits per heavy atom. The maximum atomic E-state index is 6.21. The summed E-state index contributed by atoms with van der Waals surface area (Å²) in [5, 5.41) is 0.767. The van der Waals surface area contributed by atoms with E-state index in [1.54, 1.807) is 0 Å². The molecule has 124 valence electrons. The molecule has 0 spiro atoms. The summed E-state index contributed by atoms with van der Waals surface area (Å²) in [5.74, 6) is 0. The summed E-state index contributed by atoms with van der Waals surface area (Å²) >= 11 is 9.74. The van der Waals surface area contributed by atoms with Crippen LogP contribution in [-0.4, -0.2) is 0 Å². The summed E-state index contributed by atoms with van der Waals surface area (Å²) in [6, 6.07) is 25.2. The Labute approximate surface area is 161 Å². The lowest BCUT2D eigenvalue weighted by atomic mass is 10.0. The van der Waals surface area contributed by atoms with Gasteiger partial charge in [-0.3, -0.25) is 0 Å². The average molecular weight is 411 g/mol. The molecule has 0 fully saturated rings. The number of hydrogen-bond acceptors (Lipinski definition) is 1. The van der Waals surface area contributed by atoms with Crippen LogP contribution in [0, 0.1) is 0 Å². The molecular weight excluding hydrogens is 394 g/mol. The van der Waals surface area contributed by atoms with E-state index in [4.69, 9.17) is 11.6 Å². The minimum absolute atomic E-state index is 0.767. The molecule has 25 heavy (non-hydrogen) atoms. The second-order valence-electron chi connectivity index (χ2n) is 6.20. The van der Waals surface area contributed by atoms with Crippen molar-refractivity contribution in [1.29, 1.82) is 0 Å². The number of benzene rings is 3. The maximum Gasteiger partial charge on any atom is 0.0494 e. The molecule has 0 atom stereocenters. The molecule has 0 N–H and O–H groups in total. The Bertz CT molecular complexity index is 960. The third-order valence-electron chi connectivity index (χ3n) is 4.64. The van der Waals surface area contributed by atoms with Gasteiger partial charge in [0.2, 0.25) is 0 Å². The van der Waals surface area contributed by atoms with Crippen LogP contribution in [0.4, 0.5) is 11.4 Å². The molecule has 1 aliphatic rings. The van der Waals surface area contributed by atoms with Gasteiger partial charge in [-0.25, -0.2) is 0 Å². The highest BCUT2D eigenvalue weighted by Gasteiger charge is 2.27. The van der Waals surface area contributed by atoms with E-state index in [0.29, 0.717) is 0 Å². The van der Waals surface area contributed by atoms with Crippen molar-refractivity contribution in [2.24, 2.45) is 0 Å². The molecule has 3 heteroatoms. The molecule has 1 heterocycles. The summed E-state index contributed by atoms with van der Waals surface area (Å²) in [6.07, 6.45) is 0.921. The summed E-state index contributed by atoms with van der Waals surface area (Å²) < 4.78 is 1.08. The number of allylic oxidation sites excluding steroid dienone is 2. The quantitative estimate of drug-likeness (QED) is 0.431. The van der Waals surface area contributed by atoms with Gasteiger partial charge in [-0.2, -0.15) is 0 Å². The summed E-state index contributed by atoms with van der Waals surface area (Å²) in [7, 11) is 0. The van der Waals surface area contributed by atoms with Crippen LogP contribution in [0.5, 0.6) is 0 Å². The highest BCUT2D eigenvalue weighted by Crippen LogP contribution is 2.43. The molecule has 1 aliphatic heterocycles. The van der Waals surface area contributed by atoms with Crippen molar-refractivity contribution in [3.05, 3.63) is 99.1 Å². The molecule has 3 aromatic carbocycles. The highest BCUT2D eigenvalue weighted by atomic mass is 79.9. The number of para-hydroxylation sites is 1. The largest absolute Gasteiger partial charge is 0.313 e. The van der Waals surface area contributed by atoms with Crippen LogP contribution < -0.4 is 4.90 Å². The molecule has 4 rings (SSSR count). The molecule has 0 aromatic heterocycles.